The minimum atomic E-state index is -1.26. The van der Waals surface area contributed by atoms with Crippen LogP contribution in [0.25, 0.3) is 0 Å². The van der Waals surface area contributed by atoms with Crippen LogP contribution in [0.5, 0.6) is 28.7 Å². The molecule has 198 valence electrons. The second-order valence-corrected chi connectivity index (χ2v) is 9.02. The van der Waals surface area contributed by atoms with Crippen LogP contribution in [0.3, 0.4) is 0 Å². The van der Waals surface area contributed by atoms with Gasteiger partial charge < -0.3 is 43.4 Å². The lowest BCUT2D eigenvalue weighted by Gasteiger charge is -2.41. The highest BCUT2D eigenvalue weighted by atomic mass is 16.7. The van der Waals surface area contributed by atoms with E-state index in [1.807, 2.05) is 12.1 Å². The fourth-order valence-electron chi connectivity index (χ4n) is 4.57. The standard InChI is InChI=1S/C27H36O9/c1-30-21-14-13-20(15-22(21)31-2)33-16-23-24(28)25(29)26(27(32-3)36-23)35-19-11-9-18(10-12-19)34-17-7-5-4-6-8-17/h9-15,17,23-29H,4-8,16H2,1-3H3/t23-,24-,25+,26-,27-/m1/s1. The summed E-state index contributed by atoms with van der Waals surface area (Å²) in [6.45, 7) is -0.0203. The van der Waals surface area contributed by atoms with Gasteiger partial charge in [-0.25, -0.2) is 0 Å². The third kappa shape index (κ3) is 6.34. The van der Waals surface area contributed by atoms with Crippen LogP contribution in [0.2, 0.25) is 0 Å². The summed E-state index contributed by atoms with van der Waals surface area (Å²) >= 11 is 0. The van der Waals surface area contributed by atoms with Crippen molar-refractivity contribution in [2.45, 2.75) is 68.9 Å². The Morgan fingerprint density at radius 2 is 1.42 bits per heavy atom. The van der Waals surface area contributed by atoms with Gasteiger partial charge in [0.1, 0.15) is 42.2 Å². The van der Waals surface area contributed by atoms with Gasteiger partial charge in [0, 0.05) is 13.2 Å². The van der Waals surface area contributed by atoms with Gasteiger partial charge in [0.15, 0.2) is 23.9 Å². The lowest BCUT2D eigenvalue weighted by molar-refractivity contribution is -0.287. The zero-order chi connectivity index (χ0) is 25.5. The molecule has 9 nitrogen and oxygen atoms in total. The Labute approximate surface area is 211 Å². The maximum absolute atomic E-state index is 10.8. The summed E-state index contributed by atoms with van der Waals surface area (Å²) in [5.74, 6) is 2.87. The Kier molecular flexibility index (Phi) is 9.14. The zero-order valence-corrected chi connectivity index (χ0v) is 21.0. The predicted octanol–water partition coefficient (Wildman–Crippen LogP) is 3.33. The number of methoxy groups -OCH3 is 3. The van der Waals surface area contributed by atoms with Crippen molar-refractivity contribution in [3.63, 3.8) is 0 Å². The molecule has 1 aliphatic heterocycles. The van der Waals surface area contributed by atoms with Crippen LogP contribution in [-0.2, 0) is 9.47 Å². The molecule has 0 radical (unpaired) electrons. The van der Waals surface area contributed by atoms with Gasteiger partial charge in [-0.1, -0.05) is 6.42 Å². The first-order valence-electron chi connectivity index (χ1n) is 12.3. The summed E-state index contributed by atoms with van der Waals surface area (Å²) in [7, 11) is 4.54. The first kappa shape index (κ1) is 26.3. The van der Waals surface area contributed by atoms with Crippen LogP contribution in [0, 0.1) is 0 Å². The smallest absolute Gasteiger partial charge is 0.197 e. The van der Waals surface area contributed by atoms with Crippen molar-refractivity contribution in [1.82, 2.24) is 0 Å². The van der Waals surface area contributed by atoms with E-state index in [0.717, 1.165) is 18.6 Å². The molecule has 1 saturated heterocycles. The number of hydrogen-bond donors (Lipinski definition) is 2. The largest absolute Gasteiger partial charge is 0.493 e. The maximum Gasteiger partial charge on any atom is 0.197 e. The van der Waals surface area contributed by atoms with Gasteiger partial charge in [-0.2, -0.15) is 0 Å². The minimum absolute atomic E-state index is 0.0203. The number of rotatable bonds is 10. The van der Waals surface area contributed by atoms with E-state index in [-0.39, 0.29) is 12.7 Å². The van der Waals surface area contributed by atoms with Crippen LogP contribution in [0.1, 0.15) is 32.1 Å². The second-order valence-electron chi connectivity index (χ2n) is 9.02. The van der Waals surface area contributed by atoms with E-state index < -0.39 is 30.7 Å². The average Bonchev–Trinajstić information content (AvgIpc) is 2.92. The molecule has 36 heavy (non-hydrogen) atoms. The minimum Gasteiger partial charge on any atom is -0.493 e. The lowest BCUT2D eigenvalue weighted by atomic mass is 9.98. The molecule has 0 amide bonds. The van der Waals surface area contributed by atoms with Crippen LogP contribution < -0.4 is 23.7 Å². The zero-order valence-electron chi connectivity index (χ0n) is 21.0. The van der Waals surface area contributed by atoms with Crippen LogP contribution in [0.15, 0.2) is 42.5 Å². The Hall–Kier alpha value is -2.72. The van der Waals surface area contributed by atoms with Crippen molar-refractivity contribution in [2.75, 3.05) is 27.9 Å². The summed E-state index contributed by atoms with van der Waals surface area (Å²) in [4.78, 5) is 0. The number of aliphatic hydroxyl groups is 2. The molecule has 4 rings (SSSR count). The van der Waals surface area contributed by atoms with Gasteiger partial charge in [0.05, 0.1) is 20.3 Å². The molecular formula is C27H36O9. The second kappa shape index (κ2) is 12.5. The first-order valence-corrected chi connectivity index (χ1v) is 12.3. The van der Waals surface area contributed by atoms with E-state index in [0.29, 0.717) is 23.0 Å². The summed E-state index contributed by atoms with van der Waals surface area (Å²) in [5, 5.41) is 21.6. The number of hydrogen-bond acceptors (Lipinski definition) is 9. The van der Waals surface area contributed by atoms with E-state index in [2.05, 4.69) is 0 Å². The molecule has 0 spiro atoms. The van der Waals surface area contributed by atoms with Crippen molar-refractivity contribution < 1.29 is 43.4 Å². The van der Waals surface area contributed by atoms with Gasteiger partial charge in [0.25, 0.3) is 0 Å². The molecule has 1 aliphatic carbocycles. The molecule has 2 aromatic carbocycles. The predicted molar refractivity (Wildman–Crippen MR) is 131 cm³/mol. The molecule has 2 aromatic rings. The Morgan fingerprint density at radius 3 is 2.06 bits per heavy atom. The summed E-state index contributed by atoms with van der Waals surface area (Å²) in [6, 6.07) is 12.3. The monoisotopic (exact) mass is 504 g/mol. The fourth-order valence-corrected chi connectivity index (χ4v) is 4.57. The Balaban J connectivity index is 1.35. The molecule has 0 aromatic heterocycles. The normalized spacial score (nSPS) is 26.8. The van der Waals surface area contributed by atoms with Gasteiger partial charge >= 0.3 is 0 Å². The average molecular weight is 505 g/mol. The van der Waals surface area contributed by atoms with Gasteiger partial charge in [-0.15, -0.1) is 0 Å². The van der Waals surface area contributed by atoms with Crippen molar-refractivity contribution >= 4 is 0 Å². The number of benzene rings is 2. The van der Waals surface area contributed by atoms with E-state index in [1.165, 1.54) is 33.5 Å². The highest BCUT2D eigenvalue weighted by Gasteiger charge is 2.46. The Morgan fingerprint density at radius 1 is 0.778 bits per heavy atom. The maximum atomic E-state index is 10.8. The molecule has 2 aliphatic rings. The van der Waals surface area contributed by atoms with Gasteiger partial charge in [-0.05, 0) is 62.1 Å². The molecular weight excluding hydrogens is 468 g/mol. The molecule has 0 unspecified atom stereocenters. The molecule has 0 bridgehead atoms. The highest BCUT2D eigenvalue weighted by molar-refractivity contribution is 5.45. The van der Waals surface area contributed by atoms with Crippen molar-refractivity contribution in [3.05, 3.63) is 42.5 Å². The number of aliphatic hydroxyl groups excluding tert-OH is 2. The van der Waals surface area contributed by atoms with Gasteiger partial charge in [0.2, 0.25) is 0 Å². The fraction of sp³-hybridized carbons (Fsp3) is 0.556. The van der Waals surface area contributed by atoms with Crippen LogP contribution >= 0.6 is 0 Å². The molecule has 2 N–H and O–H groups in total. The van der Waals surface area contributed by atoms with E-state index in [9.17, 15) is 10.2 Å². The summed E-state index contributed by atoms with van der Waals surface area (Å²) < 4.78 is 39.7. The van der Waals surface area contributed by atoms with Gasteiger partial charge in [-0.3, -0.25) is 0 Å². The summed E-state index contributed by atoms with van der Waals surface area (Å²) in [6.07, 6.45) is 0.869. The molecule has 1 saturated carbocycles. The number of ether oxygens (including phenoxy) is 7. The SMILES string of the molecule is COc1ccc(OC[C@H]2O[C@@H](OC)[C@H](Oc3ccc(OC4CCCCC4)cc3)[C@@H](O)[C@@H]2O)cc1OC. The summed E-state index contributed by atoms with van der Waals surface area (Å²) in [5.41, 5.74) is 0. The Bertz CT molecular complexity index is 943. The topological polar surface area (TPSA) is 105 Å². The van der Waals surface area contributed by atoms with Crippen molar-refractivity contribution in [3.8, 4) is 28.7 Å². The highest BCUT2D eigenvalue weighted by Crippen LogP contribution is 2.32. The first-order chi connectivity index (χ1) is 17.5. The third-order valence-electron chi connectivity index (χ3n) is 6.60. The van der Waals surface area contributed by atoms with E-state index in [1.54, 1.807) is 37.4 Å². The van der Waals surface area contributed by atoms with Crippen LogP contribution in [-0.4, -0.2) is 75.0 Å². The third-order valence-corrected chi connectivity index (χ3v) is 6.60. The molecule has 1 heterocycles. The van der Waals surface area contributed by atoms with Crippen molar-refractivity contribution in [2.24, 2.45) is 0 Å². The van der Waals surface area contributed by atoms with E-state index >= 15 is 0 Å². The lowest BCUT2D eigenvalue weighted by Crippen LogP contribution is -2.61. The molecule has 5 atom stereocenters. The van der Waals surface area contributed by atoms with E-state index in [4.69, 9.17) is 33.2 Å². The van der Waals surface area contributed by atoms with Crippen LogP contribution in [0.4, 0.5) is 0 Å². The molecule has 2 fully saturated rings. The van der Waals surface area contributed by atoms with Crippen molar-refractivity contribution in [1.29, 1.82) is 0 Å². The quantitative estimate of drug-likeness (QED) is 0.504. The molecule has 9 heteroatoms.